The number of halogens is 1. The zero-order chi connectivity index (χ0) is 11.7. The molecule has 2 atom stereocenters. The Morgan fingerprint density at radius 1 is 1.50 bits per heavy atom. The first kappa shape index (κ1) is 11.0. The lowest BCUT2D eigenvalue weighted by atomic mass is 9.92. The van der Waals surface area contributed by atoms with E-state index in [0.717, 1.165) is 5.56 Å². The standard InChI is InChI=1S/C11H10ClNO3/c12-7-3-1-2-6(4-7)8-5-9(14)13-10(8)11(15)16/h1-4,8,10H,5H2,(H,13,14)(H,15,16). The van der Waals surface area contributed by atoms with Gasteiger partial charge in [-0.1, -0.05) is 23.7 Å². The Labute approximate surface area is 97.2 Å². The van der Waals surface area contributed by atoms with Crippen molar-refractivity contribution in [3.63, 3.8) is 0 Å². The van der Waals surface area contributed by atoms with Gasteiger partial charge in [0.15, 0.2) is 0 Å². The molecular formula is C11H10ClNO3. The SMILES string of the molecule is O=C1CC(c2cccc(Cl)c2)C(C(=O)O)N1. The van der Waals surface area contributed by atoms with Crippen molar-refractivity contribution in [2.45, 2.75) is 18.4 Å². The van der Waals surface area contributed by atoms with Crippen molar-refractivity contribution < 1.29 is 14.7 Å². The number of carbonyl (C=O) groups excluding carboxylic acids is 1. The molecule has 4 nitrogen and oxygen atoms in total. The molecule has 2 N–H and O–H groups in total. The molecule has 0 spiro atoms. The number of carboxylic acids is 1. The van der Waals surface area contributed by atoms with E-state index in [1.807, 2.05) is 0 Å². The summed E-state index contributed by atoms with van der Waals surface area (Å²) in [6.07, 6.45) is 0.192. The van der Waals surface area contributed by atoms with Crippen molar-refractivity contribution in [2.75, 3.05) is 0 Å². The van der Waals surface area contributed by atoms with E-state index in [1.165, 1.54) is 0 Å². The van der Waals surface area contributed by atoms with Crippen molar-refractivity contribution in [3.8, 4) is 0 Å². The van der Waals surface area contributed by atoms with Crippen LogP contribution >= 0.6 is 11.6 Å². The van der Waals surface area contributed by atoms with Crippen LogP contribution in [0.5, 0.6) is 0 Å². The Morgan fingerprint density at radius 2 is 2.25 bits per heavy atom. The zero-order valence-electron chi connectivity index (χ0n) is 8.31. The Bertz CT molecular complexity index is 447. The average Bonchev–Trinajstić information content (AvgIpc) is 2.60. The summed E-state index contributed by atoms with van der Waals surface area (Å²) < 4.78 is 0. The third kappa shape index (κ3) is 2.02. The van der Waals surface area contributed by atoms with Gasteiger partial charge in [0.25, 0.3) is 0 Å². The van der Waals surface area contributed by atoms with Crippen LogP contribution in [0.1, 0.15) is 17.9 Å². The molecule has 1 aromatic carbocycles. The number of hydrogen-bond acceptors (Lipinski definition) is 2. The smallest absolute Gasteiger partial charge is 0.326 e. The fourth-order valence-electron chi connectivity index (χ4n) is 1.93. The van der Waals surface area contributed by atoms with E-state index >= 15 is 0 Å². The van der Waals surface area contributed by atoms with Crippen molar-refractivity contribution in [1.29, 1.82) is 0 Å². The van der Waals surface area contributed by atoms with Crippen molar-refractivity contribution in [1.82, 2.24) is 5.32 Å². The predicted molar refractivity (Wildman–Crippen MR) is 58.4 cm³/mol. The molecule has 0 aromatic heterocycles. The number of carbonyl (C=O) groups is 2. The number of carboxylic acid groups (broad SMARTS) is 1. The normalized spacial score (nSPS) is 24.2. The maximum Gasteiger partial charge on any atom is 0.326 e. The molecular weight excluding hydrogens is 230 g/mol. The van der Waals surface area contributed by atoms with Gasteiger partial charge in [0.05, 0.1) is 0 Å². The minimum atomic E-state index is -1.02. The highest BCUT2D eigenvalue weighted by atomic mass is 35.5. The van der Waals surface area contributed by atoms with E-state index in [9.17, 15) is 9.59 Å². The molecule has 0 bridgehead atoms. The lowest BCUT2D eigenvalue weighted by Gasteiger charge is -2.14. The minimum Gasteiger partial charge on any atom is -0.480 e. The maximum atomic E-state index is 11.2. The van der Waals surface area contributed by atoms with Gasteiger partial charge in [-0.3, -0.25) is 4.79 Å². The highest BCUT2D eigenvalue weighted by Crippen LogP contribution is 2.29. The molecule has 0 aliphatic carbocycles. The lowest BCUT2D eigenvalue weighted by Crippen LogP contribution is -2.36. The molecule has 16 heavy (non-hydrogen) atoms. The summed E-state index contributed by atoms with van der Waals surface area (Å²) in [5, 5.41) is 12.0. The van der Waals surface area contributed by atoms with Crippen molar-refractivity contribution in [2.24, 2.45) is 0 Å². The molecule has 1 saturated heterocycles. The summed E-state index contributed by atoms with van der Waals surface area (Å²) in [5.41, 5.74) is 0.776. The van der Waals surface area contributed by atoms with Crippen LogP contribution in [-0.4, -0.2) is 23.0 Å². The number of hydrogen-bond donors (Lipinski definition) is 2. The third-order valence-corrected chi connectivity index (χ3v) is 2.90. The third-order valence-electron chi connectivity index (χ3n) is 2.67. The van der Waals surface area contributed by atoms with Crippen molar-refractivity contribution >= 4 is 23.5 Å². The van der Waals surface area contributed by atoms with Gasteiger partial charge in [0, 0.05) is 17.4 Å². The van der Waals surface area contributed by atoms with Crippen LogP contribution in [0, 0.1) is 0 Å². The molecule has 2 rings (SSSR count). The van der Waals surface area contributed by atoms with E-state index in [-0.39, 0.29) is 18.2 Å². The van der Waals surface area contributed by atoms with Crippen LogP contribution < -0.4 is 5.32 Å². The second-order valence-corrected chi connectivity index (χ2v) is 4.19. The van der Waals surface area contributed by atoms with Crippen LogP contribution in [0.4, 0.5) is 0 Å². The first-order valence-electron chi connectivity index (χ1n) is 4.85. The lowest BCUT2D eigenvalue weighted by molar-refractivity contribution is -0.140. The molecule has 0 radical (unpaired) electrons. The first-order chi connectivity index (χ1) is 7.58. The van der Waals surface area contributed by atoms with Crippen LogP contribution in [0.15, 0.2) is 24.3 Å². The zero-order valence-corrected chi connectivity index (χ0v) is 9.07. The van der Waals surface area contributed by atoms with E-state index in [4.69, 9.17) is 16.7 Å². The molecule has 1 amide bonds. The highest BCUT2D eigenvalue weighted by molar-refractivity contribution is 6.30. The summed E-state index contributed by atoms with van der Waals surface area (Å²) in [5.74, 6) is -1.60. The van der Waals surface area contributed by atoms with Crippen LogP contribution in [0.2, 0.25) is 5.02 Å². The monoisotopic (exact) mass is 239 g/mol. The second-order valence-electron chi connectivity index (χ2n) is 3.75. The predicted octanol–water partition coefficient (Wildman–Crippen LogP) is 1.40. The van der Waals surface area contributed by atoms with E-state index in [0.29, 0.717) is 5.02 Å². The minimum absolute atomic E-state index is 0.192. The fraction of sp³-hybridized carbons (Fsp3) is 0.273. The molecule has 1 aromatic rings. The number of aliphatic carboxylic acids is 1. The number of rotatable bonds is 2. The summed E-state index contributed by atoms with van der Waals surface area (Å²) in [4.78, 5) is 22.2. The molecule has 5 heteroatoms. The quantitative estimate of drug-likeness (QED) is 0.820. The first-order valence-corrected chi connectivity index (χ1v) is 5.23. The molecule has 0 saturated carbocycles. The van der Waals surface area contributed by atoms with Gasteiger partial charge in [-0.05, 0) is 17.7 Å². The van der Waals surface area contributed by atoms with Gasteiger partial charge in [0.2, 0.25) is 5.91 Å². The summed E-state index contributed by atoms with van der Waals surface area (Å²) >= 11 is 5.83. The van der Waals surface area contributed by atoms with Crippen LogP contribution in [0.25, 0.3) is 0 Å². The van der Waals surface area contributed by atoms with Gasteiger partial charge >= 0.3 is 5.97 Å². The Kier molecular flexibility index (Phi) is 2.83. The van der Waals surface area contributed by atoms with Crippen molar-refractivity contribution in [3.05, 3.63) is 34.9 Å². The average molecular weight is 240 g/mol. The van der Waals surface area contributed by atoms with Gasteiger partial charge in [-0.25, -0.2) is 4.79 Å². The van der Waals surface area contributed by atoms with Gasteiger partial charge in [0.1, 0.15) is 6.04 Å². The maximum absolute atomic E-state index is 11.2. The molecule has 1 fully saturated rings. The number of benzene rings is 1. The van der Waals surface area contributed by atoms with Gasteiger partial charge in [-0.2, -0.15) is 0 Å². The summed E-state index contributed by atoms with van der Waals surface area (Å²) in [7, 11) is 0. The van der Waals surface area contributed by atoms with E-state index < -0.39 is 12.0 Å². The number of nitrogens with one attached hydrogen (secondary N) is 1. The largest absolute Gasteiger partial charge is 0.480 e. The van der Waals surface area contributed by atoms with E-state index in [1.54, 1.807) is 24.3 Å². The van der Waals surface area contributed by atoms with E-state index in [2.05, 4.69) is 5.32 Å². The molecule has 1 heterocycles. The topological polar surface area (TPSA) is 66.4 Å². The Balaban J connectivity index is 2.32. The van der Waals surface area contributed by atoms with Crippen LogP contribution in [-0.2, 0) is 9.59 Å². The molecule has 84 valence electrons. The summed E-state index contributed by atoms with van der Waals surface area (Å²) in [6, 6.07) is 6.09. The van der Waals surface area contributed by atoms with Crippen LogP contribution in [0.3, 0.4) is 0 Å². The Hall–Kier alpha value is -1.55. The summed E-state index contributed by atoms with van der Waals surface area (Å²) in [6.45, 7) is 0. The number of amides is 1. The van der Waals surface area contributed by atoms with Gasteiger partial charge < -0.3 is 10.4 Å². The molecule has 1 aliphatic heterocycles. The molecule has 1 aliphatic rings. The highest BCUT2D eigenvalue weighted by Gasteiger charge is 2.38. The fourth-order valence-corrected chi connectivity index (χ4v) is 2.13. The second kappa shape index (κ2) is 4.14. The molecule has 2 unspecified atom stereocenters. The van der Waals surface area contributed by atoms with Gasteiger partial charge in [-0.15, -0.1) is 0 Å². The Morgan fingerprint density at radius 3 is 2.88 bits per heavy atom.